The molecule has 0 unspecified atom stereocenters. The average molecular weight is 1140 g/mol. The maximum Gasteiger partial charge on any atom is 0.0500 e. The lowest BCUT2D eigenvalue weighted by atomic mass is 10.1. The van der Waals surface area contributed by atoms with Crippen LogP contribution in [0.2, 0.25) is 236 Å². The Morgan fingerprint density at radius 3 is 0.409 bits per heavy atom. The Balaban J connectivity index is 3.92. The molecule has 382 valence electrons. The van der Waals surface area contributed by atoms with Crippen LogP contribution >= 0.6 is 21.6 Å². The van der Waals surface area contributed by atoms with Crippen LogP contribution in [0.1, 0.15) is 22.3 Å². The van der Waals surface area contributed by atoms with E-state index in [0.717, 1.165) is 0 Å². The zero-order valence-corrected chi connectivity index (χ0v) is 64.9. The Labute approximate surface area is 435 Å². The van der Waals surface area contributed by atoms with Crippen molar-refractivity contribution >= 4 is 118 Å². The van der Waals surface area contributed by atoms with Crippen molar-refractivity contribution in [3.8, 4) is 0 Å². The monoisotopic (exact) mass is 1140 g/mol. The molecule has 0 fully saturated rings. The summed E-state index contributed by atoms with van der Waals surface area (Å²) in [6.07, 6.45) is 0. The Bertz CT molecular complexity index is 1600. The lowest BCUT2D eigenvalue weighted by Crippen LogP contribution is -2.76. The van der Waals surface area contributed by atoms with E-state index < -0.39 is 96.9 Å². The number of rotatable bonds is 19. The van der Waals surface area contributed by atoms with Crippen LogP contribution < -0.4 is 0 Å². The highest BCUT2D eigenvalue weighted by Crippen LogP contribution is 2.63. The van der Waals surface area contributed by atoms with Crippen LogP contribution in [0.25, 0.3) is 0 Å². The van der Waals surface area contributed by atoms with Gasteiger partial charge in [-0.2, -0.15) is 0 Å². The van der Waals surface area contributed by atoms with Crippen molar-refractivity contribution in [2.75, 3.05) is 0 Å². The van der Waals surface area contributed by atoms with E-state index in [1.165, 1.54) is 0 Å². The molecule has 0 saturated heterocycles. The predicted molar refractivity (Wildman–Crippen MR) is 351 cm³/mol. The van der Waals surface area contributed by atoms with Crippen LogP contribution in [0, 0.1) is 0 Å². The van der Waals surface area contributed by atoms with Gasteiger partial charge in [0.1, 0.15) is 0 Å². The van der Waals surface area contributed by atoms with E-state index in [0.29, 0.717) is 0 Å². The first kappa shape index (κ1) is 63.9. The minimum atomic E-state index is -1.87. The van der Waals surface area contributed by atoms with Gasteiger partial charge in [0.2, 0.25) is 0 Å². The molecule has 0 heterocycles. The van der Waals surface area contributed by atoms with Crippen molar-refractivity contribution in [2.45, 2.75) is 263 Å². The van der Waals surface area contributed by atoms with Crippen LogP contribution in [0.3, 0.4) is 0 Å². The SMILES string of the molecule is C[Si](C)(C)C(c1cccc(C([Si](C)(C)C)([Si](C)(C)C)[Si](C)(C)C)c1SSc1c(C([Si](C)(C)C)([Si](C)(C)C)[Si](C)(C)C)cccc1C([Si](C)(C)C)([Si](C)(C)C)[Si](C)(C)C)([Si](C)(C)C)[Si](C)(C)C. The van der Waals surface area contributed by atoms with Gasteiger partial charge in [0, 0.05) is 107 Å². The Morgan fingerprint density at radius 2 is 0.318 bits per heavy atom. The van der Waals surface area contributed by atoms with Crippen molar-refractivity contribution in [1.82, 2.24) is 0 Å². The molecule has 0 aromatic heterocycles. The van der Waals surface area contributed by atoms with Gasteiger partial charge in [-0.25, -0.2) is 0 Å². The molecule has 0 spiro atoms. The van der Waals surface area contributed by atoms with Crippen molar-refractivity contribution in [3.63, 3.8) is 0 Å². The molecule has 0 atom stereocenters. The molecule has 0 aliphatic carbocycles. The Morgan fingerprint density at radius 1 is 0.212 bits per heavy atom. The maximum absolute atomic E-state index is 2.79. The first-order chi connectivity index (χ1) is 28.4. The van der Waals surface area contributed by atoms with Gasteiger partial charge in [-0.3, -0.25) is 0 Å². The summed E-state index contributed by atoms with van der Waals surface area (Å²) in [5, 5.41) is 0. The third-order valence-electron chi connectivity index (χ3n) is 17.4. The summed E-state index contributed by atoms with van der Waals surface area (Å²) in [6.45, 7) is 101. The van der Waals surface area contributed by atoms with E-state index in [4.69, 9.17) is 0 Å². The van der Waals surface area contributed by atoms with Crippen LogP contribution in [-0.4, -0.2) is 96.9 Å². The fourth-order valence-corrected chi connectivity index (χ4v) is 145. The highest BCUT2D eigenvalue weighted by Gasteiger charge is 2.67. The fourth-order valence-electron chi connectivity index (χ4n) is 20.9. The van der Waals surface area contributed by atoms with Gasteiger partial charge in [0.25, 0.3) is 0 Å². The van der Waals surface area contributed by atoms with E-state index in [2.05, 4.69) is 294 Å². The normalized spacial score (nSPS) is 16.0. The van der Waals surface area contributed by atoms with Crippen LogP contribution in [0.5, 0.6) is 0 Å². The van der Waals surface area contributed by atoms with Crippen molar-refractivity contribution in [2.24, 2.45) is 0 Å². The zero-order chi connectivity index (χ0) is 53.1. The summed E-state index contributed by atoms with van der Waals surface area (Å²) in [4.78, 5) is 3.50. The second-order valence-electron chi connectivity index (χ2n) is 33.5. The summed E-state index contributed by atoms with van der Waals surface area (Å²) in [5.74, 6) is 0. The second-order valence-corrected chi connectivity index (χ2v) is 105. The van der Waals surface area contributed by atoms with Crippen molar-refractivity contribution < 1.29 is 0 Å². The molecule has 2 aromatic carbocycles. The smallest absolute Gasteiger partial charge is 0.0500 e. The highest BCUT2D eigenvalue weighted by molar-refractivity contribution is 8.76. The first-order valence-corrected chi connectivity index (χ1v) is 70.2. The largest absolute Gasteiger partial charge is 0.0693 e. The van der Waals surface area contributed by atoms with Crippen LogP contribution in [-0.2, 0) is 17.1 Å². The van der Waals surface area contributed by atoms with Gasteiger partial charge in [0.05, 0.1) is 0 Å². The quantitative estimate of drug-likeness (QED) is 0.102. The molecular weight excluding hydrogens is 1030 g/mol. The minimum absolute atomic E-state index is 0.274. The molecule has 0 radical (unpaired) electrons. The molecule has 2 rings (SSSR count). The molecule has 0 amide bonds. The molecule has 0 aliphatic rings. The number of hydrogen-bond donors (Lipinski definition) is 0. The van der Waals surface area contributed by atoms with E-state index in [1.54, 1.807) is 9.79 Å². The molecular formula is C52H114S2Si12. The molecule has 0 aliphatic heterocycles. The van der Waals surface area contributed by atoms with E-state index >= 15 is 0 Å². The maximum atomic E-state index is 2.79. The van der Waals surface area contributed by atoms with Gasteiger partial charge in [-0.15, -0.1) is 0 Å². The van der Waals surface area contributed by atoms with Gasteiger partial charge in [-0.05, 0) is 39.4 Å². The number of benzene rings is 2. The highest BCUT2D eigenvalue weighted by atomic mass is 33.1. The van der Waals surface area contributed by atoms with Gasteiger partial charge in [0.15, 0.2) is 0 Å². The Hall–Kier alpha value is 1.74. The Kier molecular flexibility index (Phi) is 18.2. The van der Waals surface area contributed by atoms with E-state index in [9.17, 15) is 0 Å². The summed E-state index contributed by atoms with van der Waals surface area (Å²) in [5.41, 5.74) is 7.25. The standard InChI is InChI=1S/C52H114S2Si12/c1-55(2,3)49(56(4,5)6,57(7,8)9)43-39-37-40-44(50(58(10,11)12,59(13,14)15)60(16,17)18)47(43)53-54-48-45(51(61(19,20)21,62(22,23)24)63(25,26)27)41-38-42-46(48)52(64(28,29)30,65(31,32)33)66(34,35)36/h37-42H,1-36H3. The summed E-state index contributed by atoms with van der Waals surface area (Å²) < 4.78 is 1.09. The number of hydrogen-bond acceptors (Lipinski definition) is 2. The van der Waals surface area contributed by atoms with E-state index in [-0.39, 0.29) is 17.1 Å². The van der Waals surface area contributed by atoms with Crippen molar-refractivity contribution in [1.29, 1.82) is 0 Å². The average Bonchev–Trinajstić information content (AvgIpc) is 2.93. The van der Waals surface area contributed by atoms with Gasteiger partial charge >= 0.3 is 0 Å². The topological polar surface area (TPSA) is 0 Å². The fraction of sp³-hybridized carbons (Fsp3) is 0.769. The first-order valence-electron chi connectivity index (χ1n) is 26.1. The van der Waals surface area contributed by atoms with Gasteiger partial charge < -0.3 is 0 Å². The lowest BCUT2D eigenvalue weighted by molar-refractivity contribution is 0.914. The predicted octanol–water partition coefficient (Wildman–Crippen LogP) is 20.0. The van der Waals surface area contributed by atoms with Crippen molar-refractivity contribution in [3.05, 3.63) is 58.7 Å². The molecule has 0 bridgehead atoms. The third kappa shape index (κ3) is 9.91. The molecule has 0 N–H and O–H groups in total. The summed E-state index contributed by atoms with van der Waals surface area (Å²) >= 11 is 0. The molecule has 0 nitrogen and oxygen atoms in total. The molecule has 14 heteroatoms. The third-order valence-corrected chi connectivity index (χ3v) is 104. The second kappa shape index (κ2) is 18.8. The van der Waals surface area contributed by atoms with Crippen LogP contribution in [0.4, 0.5) is 0 Å². The van der Waals surface area contributed by atoms with Gasteiger partial charge in [-0.1, -0.05) is 294 Å². The summed E-state index contributed by atoms with van der Waals surface area (Å²) in [6, 6.07) is 16.3. The van der Waals surface area contributed by atoms with E-state index in [1.807, 2.05) is 22.3 Å². The zero-order valence-electron chi connectivity index (χ0n) is 51.3. The lowest BCUT2D eigenvalue weighted by Gasteiger charge is -2.63. The minimum Gasteiger partial charge on any atom is -0.0693 e. The molecule has 66 heavy (non-hydrogen) atoms. The van der Waals surface area contributed by atoms with Crippen LogP contribution in [0.15, 0.2) is 46.2 Å². The summed E-state index contributed by atoms with van der Waals surface area (Å²) in [7, 11) is -17.8. The molecule has 0 saturated carbocycles. The molecule has 2 aromatic rings.